The number of hydrogen-bond acceptors (Lipinski definition) is 10. The van der Waals surface area contributed by atoms with Gasteiger partial charge >= 0.3 is 23.9 Å². The van der Waals surface area contributed by atoms with Crippen molar-refractivity contribution in [2.75, 3.05) is 26.4 Å². The molecule has 10 heteroatoms. The first-order chi connectivity index (χ1) is 19.9. The molecule has 232 valence electrons. The number of ether oxygens (including phenoxy) is 6. The Morgan fingerprint density at radius 3 is 1.05 bits per heavy atom. The van der Waals surface area contributed by atoms with E-state index in [9.17, 15) is 19.2 Å². The lowest BCUT2D eigenvalue weighted by Gasteiger charge is -2.26. The fraction of sp³-hybridized carbons (Fsp3) is 0.871. The van der Waals surface area contributed by atoms with Crippen molar-refractivity contribution in [2.24, 2.45) is 23.7 Å². The summed E-state index contributed by atoms with van der Waals surface area (Å²) in [6.07, 6.45) is 10.3. The van der Waals surface area contributed by atoms with E-state index in [1.165, 1.54) is 0 Å². The maximum absolute atomic E-state index is 12.9. The first-order valence-electron chi connectivity index (χ1n) is 15.9. The van der Waals surface area contributed by atoms with Crippen molar-refractivity contribution in [2.45, 2.75) is 122 Å². The predicted molar refractivity (Wildman–Crippen MR) is 146 cm³/mol. The lowest BCUT2D eigenvalue weighted by Crippen LogP contribution is -2.38. The molecule has 4 aliphatic rings. The van der Waals surface area contributed by atoms with Gasteiger partial charge < -0.3 is 28.4 Å². The topological polar surface area (TPSA) is 130 Å². The van der Waals surface area contributed by atoms with Crippen LogP contribution in [-0.2, 0) is 47.6 Å². The Bertz CT molecular complexity index is 820. The van der Waals surface area contributed by atoms with Crippen molar-refractivity contribution < 1.29 is 47.6 Å². The molecule has 2 heterocycles. The van der Waals surface area contributed by atoms with E-state index in [0.29, 0.717) is 45.3 Å². The number of hydrogen-bond donors (Lipinski definition) is 0. The summed E-state index contributed by atoms with van der Waals surface area (Å²) in [6, 6.07) is 0. The van der Waals surface area contributed by atoms with Crippen molar-refractivity contribution in [3.63, 3.8) is 0 Å². The molecular weight excluding hydrogens is 532 g/mol. The SMILES string of the molecule is CCCCCCOC(=O)C1CC2OC2CC1C(=O)OCCCOC(=O)C1CC2OC2CC1C(=O)OCCCCCC. The van der Waals surface area contributed by atoms with Gasteiger partial charge in [-0.2, -0.15) is 0 Å². The minimum atomic E-state index is -0.591. The van der Waals surface area contributed by atoms with Crippen molar-refractivity contribution >= 4 is 23.9 Å². The van der Waals surface area contributed by atoms with Crippen LogP contribution in [-0.4, -0.2) is 74.7 Å². The van der Waals surface area contributed by atoms with Crippen LogP contribution in [0.5, 0.6) is 0 Å². The van der Waals surface area contributed by atoms with Crippen LogP contribution in [0.15, 0.2) is 0 Å². The third-order valence-electron chi connectivity index (χ3n) is 8.76. The number of esters is 4. The molecule has 0 radical (unpaired) electrons. The maximum atomic E-state index is 12.9. The highest BCUT2D eigenvalue weighted by atomic mass is 16.6. The number of carbonyl (C=O) groups is 4. The highest BCUT2D eigenvalue weighted by molar-refractivity contribution is 5.83. The molecule has 2 aliphatic carbocycles. The molecular formula is C31H48O10. The van der Waals surface area contributed by atoms with E-state index in [1.54, 1.807) is 0 Å². The average molecular weight is 581 g/mol. The zero-order valence-electron chi connectivity index (χ0n) is 24.7. The lowest BCUT2D eigenvalue weighted by molar-refractivity contribution is -0.164. The van der Waals surface area contributed by atoms with E-state index in [1.807, 2.05) is 0 Å². The average Bonchev–Trinajstić information content (AvgIpc) is 3.89. The molecule has 8 unspecified atom stereocenters. The van der Waals surface area contributed by atoms with Crippen LogP contribution in [0.2, 0.25) is 0 Å². The highest BCUT2D eigenvalue weighted by Crippen LogP contribution is 2.45. The highest BCUT2D eigenvalue weighted by Gasteiger charge is 2.54. The van der Waals surface area contributed by atoms with Gasteiger partial charge in [-0.05, 0) is 38.5 Å². The van der Waals surface area contributed by atoms with Crippen LogP contribution in [0.3, 0.4) is 0 Å². The van der Waals surface area contributed by atoms with Crippen LogP contribution in [0, 0.1) is 23.7 Å². The molecule has 2 saturated carbocycles. The zero-order chi connectivity index (χ0) is 29.2. The summed E-state index contributed by atoms with van der Waals surface area (Å²) in [4.78, 5) is 51.2. The molecule has 2 saturated heterocycles. The normalized spacial score (nSPS) is 31.3. The first-order valence-corrected chi connectivity index (χ1v) is 15.9. The molecule has 2 aliphatic heterocycles. The Morgan fingerprint density at radius 1 is 0.463 bits per heavy atom. The van der Waals surface area contributed by atoms with E-state index in [0.717, 1.165) is 51.4 Å². The Morgan fingerprint density at radius 2 is 0.756 bits per heavy atom. The maximum Gasteiger partial charge on any atom is 0.309 e. The largest absolute Gasteiger partial charge is 0.465 e. The van der Waals surface area contributed by atoms with Gasteiger partial charge in [0.05, 0.1) is 74.5 Å². The molecule has 10 nitrogen and oxygen atoms in total. The Hall–Kier alpha value is -2.20. The van der Waals surface area contributed by atoms with E-state index in [-0.39, 0.29) is 49.6 Å². The van der Waals surface area contributed by atoms with E-state index in [2.05, 4.69) is 13.8 Å². The number of unbranched alkanes of at least 4 members (excludes halogenated alkanes) is 6. The third-order valence-corrected chi connectivity index (χ3v) is 8.76. The van der Waals surface area contributed by atoms with Crippen LogP contribution in [0.1, 0.15) is 97.3 Å². The zero-order valence-corrected chi connectivity index (χ0v) is 24.7. The summed E-state index contributed by atoms with van der Waals surface area (Å²) in [6.45, 7) is 5.11. The molecule has 0 bridgehead atoms. The molecule has 4 rings (SSSR count). The Kier molecular flexibility index (Phi) is 12.3. The van der Waals surface area contributed by atoms with Gasteiger partial charge in [0.2, 0.25) is 0 Å². The summed E-state index contributed by atoms with van der Waals surface area (Å²) in [5, 5.41) is 0. The van der Waals surface area contributed by atoms with Gasteiger partial charge in [-0.15, -0.1) is 0 Å². The molecule has 0 aromatic carbocycles. The summed E-state index contributed by atoms with van der Waals surface area (Å²) in [7, 11) is 0. The lowest BCUT2D eigenvalue weighted by atomic mass is 9.79. The number of epoxide rings is 2. The molecule has 4 fully saturated rings. The van der Waals surface area contributed by atoms with Crippen LogP contribution in [0.25, 0.3) is 0 Å². The van der Waals surface area contributed by atoms with Gasteiger partial charge in [0.1, 0.15) is 0 Å². The molecule has 0 aromatic heterocycles. The van der Waals surface area contributed by atoms with E-state index < -0.39 is 35.6 Å². The fourth-order valence-corrected chi connectivity index (χ4v) is 6.12. The summed E-state index contributed by atoms with van der Waals surface area (Å²) < 4.78 is 33.1. The van der Waals surface area contributed by atoms with Crippen molar-refractivity contribution in [3.05, 3.63) is 0 Å². The second-order valence-corrected chi connectivity index (χ2v) is 11.9. The first kappa shape index (κ1) is 31.7. The van der Waals surface area contributed by atoms with Gasteiger partial charge in [0.25, 0.3) is 0 Å². The van der Waals surface area contributed by atoms with Crippen molar-refractivity contribution in [3.8, 4) is 0 Å². The molecule has 8 atom stereocenters. The van der Waals surface area contributed by atoms with Gasteiger partial charge in [0, 0.05) is 6.42 Å². The molecule has 0 spiro atoms. The van der Waals surface area contributed by atoms with E-state index >= 15 is 0 Å². The van der Waals surface area contributed by atoms with Gasteiger partial charge in [-0.1, -0.05) is 52.4 Å². The number of fused-ring (bicyclic) bond motifs is 2. The second kappa shape index (κ2) is 15.9. The minimum absolute atomic E-state index is 0.00335. The smallest absolute Gasteiger partial charge is 0.309 e. The minimum Gasteiger partial charge on any atom is -0.465 e. The van der Waals surface area contributed by atoms with Gasteiger partial charge in [0.15, 0.2) is 0 Å². The summed E-state index contributed by atoms with van der Waals surface area (Å²) >= 11 is 0. The summed E-state index contributed by atoms with van der Waals surface area (Å²) in [5.74, 6) is -3.88. The van der Waals surface area contributed by atoms with E-state index in [4.69, 9.17) is 28.4 Å². The molecule has 0 N–H and O–H groups in total. The van der Waals surface area contributed by atoms with Crippen LogP contribution >= 0.6 is 0 Å². The number of rotatable bonds is 18. The Balaban J connectivity index is 1.15. The van der Waals surface area contributed by atoms with Crippen LogP contribution < -0.4 is 0 Å². The van der Waals surface area contributed by atoms with Gasteiger partial charge in [-0.25, -0.2) is 0 Å². The van der Waals surface area contributed by atoms with Crippen LogP contribution in [0.4, 0.5) is 0 Å². The molecule has 0 aromatic rings. The molecule has 0 amide bonds. The van der Waals surface area contributed by atoms with Gasteiger partial charge in [-0.3, -0.25) is 19.2 Å². The predicted octanol–water partition coefficient (Wildman–Crippen LogP) is 4.30. The Labute approximate surface area is 243 Å². The molecule has 41 heavy (non-hydrogen) atoms. The summed E-state index contributed by atoms with van der Waals surface area (Å²) in [5.41, 5.74) is 0. The number of carbonyl (C=O) groups excluding carboxylic acids is 4. The fourth-order valence-electron chi connectivity index (χ4n) is 6.12. The second-order valence-electron chi connectivity index (χ2n) is 11.9. The monoisotopic (exact) mass is 580 g/mol. The third kappa shape index (κ3) is 9.40. The quantitative estimate of drug-likeness (QED) is 0.100. The van der Waals surface area contributed by atoms with Crippen molar-refractivity contribution in [1.82, 2.24) is 0 Å². The standard InChI is InChI=1S/C31H48O10/c1-3-5-7-9-12-36-28(32)20-16-24-26(40-24)18-22(20)30(34)38-14-11-15-39-31(35)23-19-27-25(41-27)17-21(23)29(33)37-13-10-8-6-4-2/h20-27H,3-19H2,1-2H3. The van der Waals surface area contributed by atoms with Crippen molar-refractivity contribution in [1.29, 1.82) is 0 Å².